The summed E-state index contributed by atoms with van der Waals surface area (Å²) in [5, 5.41) is 16.2. The van der Waals surface area contributed by atoms with Crippen LogP contribution in [0.4, 0.5) is 0 Å². The van der Waals surface area contributed by atoms with E-state index >= 15 is 0 Å². The van der Waals surface area contributed by atoms with Crippen LogP contribution in [-0.4, -0.2) is 24.9 Å². The van der Waals surface area contributed by atoms with Crippen LogP contribution in [0.3, 0.4) is 0 Å². The summed E-state index contributed by atoms with van der Waals surface area (Å²) in [6, 6.07) is 4.79. The van der Waals surface area contributed by atoms with Gasteiger partial charge in [-0.05, 0) is 44.1 Å². The van der Waals surface area contributed by atoms with Gasteiger partial charge in [0, 0.05) is 23.3 Å². The highest BCUT2D eigenvalue weighted by molar-refractivity contribution is 7.99. The van der Waals surface area contributed by atoms with Crippen LogP contribution >= 0.6 is 23.1 Å². The lowest BCUT2D eigenvalue weighted by Gasteiger charge is -2.10. The van der Waals surface area contributed by atoms with Crippen LogP contribution in [0.1, 0.15) is 72.2 Å². The van der Waals surface area contributed by atoms with Crippen LogP contribution in [0.5, 0.6) is 0 Å². The van der Waals surface area contributed by atoms with E-state index in [1.165, 1.54) is 30.6 Å². The molecule has 0 amide bonds. The summed E-state index contributed by atoms with van der Waals surface area (Å²) in [6.07, 6.45) is 5.64. The molecule has 8 heteroatoms. The number of rotatable bonds is 7. The van der Waals surface area contributed by atoms with Crippen molar-refractivity contribution in [3.8, 4) is 0 Å². The maximum atomic E-state index is 5.47. The lowest BCUT2D eigenvalue weighted by atomic mass is 10.3. The Labute approximate surface area is 154 Å². The van der Waals surface area contributed by atoms with Crippen LogP contribution in [0.25, 0.3) is 0 Å². The van der Waals surface area contributed by atoms with E-state index in [1.807, 2.05) is 0 Å². The molecule has 3 aromatic rings. The van der Waals surface area contributed by atoms with Gasteiger partial charge in [-0.25, -0.2) is 0 Å². The highest BCUT2D eigenvalue weighted by atomic mass is 32.2. The van der Waals surface area contributed by atoms with Crippen molar-refractivity contribution in [2.45, 2.75) is 61.4 Å². The zero-order valence-corrected chi connectivity index (χ0v) is 15.6. The first-order valence-corrected chi connectivity index (χ1v) is 10.5. The van der Waals surface area contributed by atoms with Gasteiger partial charge < -0.3 is 9.09 Å². The lowest BCUT2D eigenvalue weighted by molar-refractivity contribution is 0.374. The van der Waals surface area contributed by atoms with E-state index in [9.17, 15) is 0 Å². The van der Waals surface area contributed by atoms with Crippen LogP contribution in [-0.2, 0) is 6.42 Å². The predicted molar refractivity (Wildman–Crippen MR) is 96.0 cm³/mol. The third-order valence-corrected chi connectivity index (χ3v) is 6.51. The SMILES string of the molecule is C[C@H](Sc1nnc(Cc2cccs2)n1C1CC1)c1nc(C2CC2)no1. The summed E-state index contributed by atoms with van der Waals surface area (Å²) in [5.74, 6) is 3.13. The van der Waals surface area contributed by atoms with Crippen LogP contribution < -0.4 is 0 Å². The van der Waals surface area contributed by atoms with Gasteiger partial charge >= 0.3 is 0 Å². The van der Waals surface area contributed by atoms with Gasteiger partial charge in [-0.1, -0.05) is 23.0 Å². The van der Waals surface area contributed by atoms with E-state index in [-0.39, 0.29) is 5.25 Å². The molecule has 0 spiro atoms. The fourth-order valence-corrected chi connectivity index (χ4v) is 4.58. The first-order chi connectivity index (χ1) is 12.3. The van der Waals surface area contributed by atoms with Crippen LogP contribution in [0, 0.1) is 0 Å². The summed E-state index contributed by atoms with van der Waals surface area (Å²) in [4.78, 5) is 5.90. The molecule has 25 heavy (non-hydrogen) atoms. The van der Waals surface area contributed by atoms with Gasteiger partial charge in [0.1, 0.15) is 5.82 Å². The number of thioether (sulfide) groups is 1. The molecule has 0 aromatic carbocycles. The smallest absolute Gasteiger partial charge is 0.239 e. The van der Waals surface area contributed by atoms with Crippen LogP contribution in [0.15, 0.2) is 27.2 Å². The Bertz CT molecular complexity index is 864. The Morgan fingerprint density at radius 3 is 2.92 bits per heavy atom. The normalized spacial score (nSPS) is 18.6. The van der Waals surface area contributed by atoms with Crippen molar-refractivity contribution in [3.63, 3.8) is 0 Å². The molecule has 3 heterocycles. The van der Waals surface area contributed by atoms with Crippen molar-refractivity contribution >= 4 is 23.1 Å². The maximum absolute atomic E-state index is 5.47. The zero-order valence-electron chi connectivity index (χ0n) is 14.0. The molecular weight excluding hydrogens is 354 g/mol. The molecular formula is C17H19N5OS2. The highest BCUT2D eigenvalue weighted by Gasteiger charge is 2.32. The molecule has 130 valence electrons. The summed E-state index contributed by atoms with van der Waals surface area (Å²) >= 11 is 3.44. The molecule has 0 saturated heterocycles. The Morgan fingerprint density at radius 2 is 2.20 bits per heavy atom. The van der Waals surface area contributed by atoms with E-state index in [1.54, 1.807) is 23.1 Å². The second kappa shape index (κ2) is 6.25. The predicted octanol–water partition coefficient (Wildman–Crippen LogP) is 4.38. The summed E-state index contributed by atoms with van der Waals surface area (Å²) in [6.45, 7) is 2.10. The van der Waals surface area contributed by atoms with E-state index in [0.29, 0.717) is 17.9 Å². The molecule has 2 saturated carbocycles. The molecule has 0 bridgehead atoms. The maximum Gasteiger partial charge on any atom is 0.239 e. The molecule has 2 aliphatic carbocycles. The topological polar surface area (TPSA) is 69.6 Å². The number of nitrogens with zero attached hydrogens (tertiary/aromatic N) is 5. The summed E-state index contributed by atoms with van der Waals surface area (Å²) in [5.41, 5.74) is 0. The fraction of sp³-hybridized carbons (Fsp3) is 0.529. The van der Waals surface area contributed by atoms with Gasteiger partial charge in [0.2, 0.25) is 5.89 Å². The zero-order chi connectivity index (χ0) is 16.8. The third kappa shape index (κ3) is 3.25. The number of hydrogen-bond acceptors (Lipinski definition) is 7. The van der Waals surface area contributed by atoms with E-state index in [2.05, 4.69) is 49.3 Å². The Morgan fingerprint density at radius 1 is 1.32 bits per heavy atom. The number of aromatic nitrogens is 5. The Balaban J connectivity index is 1.36. The molecule has 3 aromatic heterocycles. The molecule has 0 radical (unpaired) electrons. The van der Waals surface area contributed by atoms with E-state index in [4.69, 9.17) is 4.52 Å². The minimum absolute atomic E-state index is 0.0799. The number of thiophene rings is 1. The largest absolute Gasteiger partial charge is 0.338 e. The molecule has 1 atom stereocenters. The second-order valence-corrected chi connectivity index (χ2v) is 9.12. The second-order valence-electron chi connectivity index (χ2n) is 6.78. The lowest BCUT2D eigenvalue weighted by Crippen LogP contribution is -2.04. The summed E-state index contributed by atoms with van der Waals surface area (Å²) in [7, 11) is 0. The van der Waals surface area contributed by atoms with Crippen molar-refractivity contribution in [3.05, 3.63) is 39.9 Å². The van der Waals surface area contributed by atoms with Crippen LogP contribution in [0.2, 0.25) is 0 Å². The average molecular weight is 374 g/mol. The van der Waals surface area contributed by atoms with Crippen molar-refractivity contribution in [2.24, 2.45) is 0 Å². The first-order valence-electron chi connectivity index (χ1n) is 8.74. The third-order valence-electron chi connectivity index (χ3n) is 4.59. The van der Waals surface area contributed by atoms with Gasteiger partial charge in [0.25, 0.3) is 0 Å². The molecule has 6 nitrogen and oxygen atoms in total. The van der Waals surface area contributed by atoms with Crippen molar-refractivity contribution < 1.29 is 4.52 Å². The van der Waals surface area contributed by atoms with Gasteiger partial charge in [-0.2, -0.15) is 4.98 Å². The van der Waals surface area contributed by atoms with Gasteiger partial charge in [-0.15, -0.1) is 21.5 Å². The molecule has 2 aliphatic rings. The molecule has 2 fully saturated rings. The average Bonchev–Trinajstić information content (AvgIpc) is 3.49. The standard InChI is InChI=1S/C17H19N5OS2/c1-10(16-18-15(21-23-16)11-4-5-11)25-17-20-19-14(22(17)12-6-7-12)9-13-3-2-8-24-13/h2-3,8,10-12H,4-7,9H2,1H3/t10-/m0/s1. The minimum atomic E-state index is 0.0799. The quantitative estimate of drug-likeness (QED) is 0.573. The molecule has 0 aliphatic heterocycles. The molecule has 0 unspecified atom stereocenters. The van der Waals surface area contributed by atoms with Gasteiger partial charge in [-0.3, -0.25) is 0 Å². The first kappa shape index (κ1) is 15.6. The van der Waals surface area contributed by atoms with E-state index < -0.39 is 0 Å². The monoisotopic (exact) mass is 373 g/mol. The van der Waals surface area contributed by atoms with Gasteiger partial charge in [0.15, 0.2) is 11.0 Å². The highest BCUT2D eigenvalue weighted by Crippen LogP contribution is 2.43. The van der Waals surface area contributed by atoms with E-state index in [0.717, 1.165) is 23.2 Å². The van der Waals surface area contributed by atoms with Crippen molar-refractivity contribution in [1.82, 2.24) is 24.9 Å². The Hall–Kier alpha value is -1.67. The number of hydrogen-bond donors (Lipinski definition) is 0. The summed E-state index contributed by atoms with van der Waals surface area (Å²) < 4.78 is 7.79. The minimum Gasteiger partial charge on any atom is -0.338 e. The Kier molecular flexibility index (Phi) is 3.89. The fourth-order valence-electron chi connectivity index (χ4n) is 2.91. The van der Waals surface area contributed by atoms with Crippen molar-refractivity contribution in [1.29, 1.82) is 0 Å². The van der Waals surface area contributed by atoms with Gasteiger partial charge in [0.05, 0.1) is 5.25 Å². The van der Waals surface area contributed by atoms with Crippen molar-refractivity contribution in [2.75, 3.05) is 0 Å². The molecule has 0 N–H and O–H groups in total. The molecule has 5 rings (SSSR count).